The lowest BCUT2D eigenvalue weighted by Gasteiger charge is -2.20. The topological polar surface area (TPSA) is 20.8 Å². The zero-order chi connectivity index (χ0) is 15.8. The van der Waals surface area contributed by atoms with Gasteiger partial charge in [0.05, 0.1) is 0 Å². The van der Waals surface area contributed by atoms with Crippen molar-refractivity contribution < 1.29 is 4.57 Å². The molecule has 0 unspecified atom stereocenters. The second-order valence-electron chi connectivity index (χ2n) is 8.83. The predicted molar refractivity (Wildman–Crippen MR) is 90.4 cm³/mol. The molecular formula is C16H34N3Si+. The fourth-order valence-corrected chi connectivity index (χ4v) is 3.73. The van der Waals surface area contributed by atoms with Gasteiger partial charge >= 0.3 is 0 Å². The Kier molecular flexibility index (Phi) is 4.92. The molecule has 1 aromatic rings. The summed E-state index contributed by atoms with van der Waals surface area (Å²) in [4.78, 5) is 0. The highest BCUT2D eigenvalue weighted by molar-refractivity contribution is 6.88. The highest BCUT2D eigenvalue weighted by atomic mass is 28.3. The summed E-state index contributed by atoms with van der Waals surface area (Å²) in [7, 11) is -1.32. The first kappa shape index (κ1) is 17.4. The Morgan fingerprint density at radius 1 is 1.10 bits per heavy atom. The number of aromatic nitrogens is 2. The molecule has 4 heteroatoms. The molecule has 0 aliphatic carbocycles. The van der Waals surface area contributed by atoms with Gasteiger partial charge in [-0.15, -0.1) is 0 Å². The lowest BCUT2D eigenvalue weighted by atomic mass is 10.1. The van der Waals surface area contributed by atoms with E-state index in [2.05, 4.69) is 88.2 Å². The standard InChI is InChI=1S/C16H34N3Si/c1-15(2,3)17-10-11-18-13-19(16(4,5)6)12-14(18)20(7,8)9/h12-13,17H,10-11H2,1-9H3/q+1. The fraction of sp³-hybridized carbons (Fsp3) is 0.812. The van der Waals surface area contributed by atoms with Gasteiger partial charge in [0.15, 0.2) is 0 Å². The van der Waals surface area contributed by atoms with Crippen molar-refractivity contribution >= 4 is 13.4 Å². The summed E-state index contributed by atoms with van der Waals surface area (Å²) in [6.07, 6.45) is 4.65. The van der Waals surface area contributed by atoms with Crippen molar-refractivity contribution in [1.29, 1.82) is 0 Å². The average Bonchev–Trinajstić information content (AvgIpc) is 2.58. The third-order valence-electron chi connectivity index (χ3n) is 3.39. The minimum Gasteiger partial charge on any atom is -0.308 e. The van der Waals surface area contributed by atoms with Crippen LogP contribution in [0.2, 0.25) is 19.6 Å². The Balaban J connectivity index is 2.96. The summed E-state index contributed by atoms with van der Waals surface area (Å²) in [5, 5.41) is 5.11. The lowest BCUT2D eigenvalue weighted by molar-refractivity contribution is -0.753. The molecule has 0 aliphatic heterocycles. The molecule has 0 aromatic carbocycles. The molecule has 0 amide bonds. The van der Waals surface area contributed by atoms with Crippen LogP contribution in [0.3, 0.4) is 0 Å². The molecule has 0 spiro atoms. The van der Waals surface area contributed by atoms with Crippen molar-refractivity contribution in [1.82, 2.24) is 9.88 Å². The van der Waals surface area contributed by atoms with Crippen molar-refractivity contribution in [2.75, 3.05) is 6.54 Å². The van der Waals surface area contributed by atoms with Crippen LogP contribution < -0.4 is 15.2 Å². The van der Waals surface area contributed by atoms with E-state index in [-0.39, 0.29) is 11.1 Å². The van der Waals surface area contributed by atoms with Crippen LogP contribution in [0, 0.1) is 0 Å². The largest absolute Gasteiger partial charge is 0.308 e. The fourth-order valence-electron chi connectivity index (χ4n) is 2.17. The normalized spacial score (nSPS) is 13.8. The average molecular weight is 297 g/mol. The summed E-state index contributed by atoms with van der Waals surface area (Å²) in [5.41, 5.74) is 0.337. The maximum absolute atomic E-state index is 3.58. The third-order valence-corrected chi connectivity index (χ3v) is 5.34. The molecule has 3 nitrogen and oxygen atoms in total. The van der Waals surface area contributed by atoms with Crippen molar-refractivity contribution in [3.63, 3.8) is 0 Å². The zero-order valence-electron chi connectivity index (χ0n) is 15.0. The second kappa shape index (κ2) is 5.64. The van der Waals surface area contributed by atoms with E-state index in [1.807, 2.05) is 0 Å². The van der Waals surface area contributed by atoms with Gasteiger partial charge in [0, 0.05) is 12.1 Å². The van der Waals surface area contributed by atoms with E-state index in [0.29, 0.717) is 0 Å². The molecule has 1 heterocycles. The van der Waals surface area contributed by atoms with Crippen molar-refractivity contribution in [2.45, 2.75) is 78.8 Å². The number of nitrogens with zero attached hydrogens (tertiary/aromatic N) is 2. The van der Waals surface area contributed by atoms with Crippen LogP contribution in [0.15, 0.2) is 12.5 Å². The van der Waals surface area contributed by atoms with Gasteiger partial charge in [0.2, 0.25) is 6.33 Å². The molecule has 0 saturated carbocycles. The quantitative estimate of drug-likeness (QED) is 0.669. The molecule has 0 saturated heterocycles. The lowest BCUT2D eigenvalue weighted by Crippen LogP contribution is -2.50. The molecule has 116 valence electrons. The van der Waals surface area contributed by atoms with Crippen LogP contribution in [0.4, 0.5) is 0 Å². The first-order chi connectivity index (χ1) is 8.81. The van der Waals surface area contributed by atoms with Crippen LogP contribution in [0.5, 0.6) is 0 Å². The Morgan fingerprint density at radius 2 is 1.65 bits per heavy atom. The Bertz CT molecular complexity index is 442. The number of rotatable bonds is 4. The summed E-state index contributed by atoms with van der Waals surface area (Å²) in [5.74, 6) is 0. The van der Waals surface area contributed by atoms with E-state index in [1.54, 1.807) is 0 Å². The summed E-state index contributed by atoms with van der Waals surface area (Å²) in [6.45, 7) is 22.8. The Labute approximate surface area is 126 Å². The molecule has 1 N–H and O–H groups in total. The summed E-state index contributed by atoms with van der Waals surface area (Å²) < 4.78 is 4.81. The van der Waals surface area contributed by atoms with E-state index in [1.165, 1.54) is 5.32 Å². The highest BCUT2D eigenvalue weighted by Gasteiger charge is 2.31. The summed E-state index contributed by atoms with van der Waals surface area (Å²) in [6, 6.07) is 0. The highest BCUT2D eigenvalue weighted by Crippen LogP contribution is 2.07. The van der Waals surface area contributed by atoms with Crippen molar-refractivity contribution in [3.8, 4) is 0 Å². The van der Waals surface area contributed by atoms with Gasteiger partial charge in [-0.3, -0.25) is 0 Å². The Hall–Kier alpha value is -0.613. The predicted octanol–water partition coefficient (Wildman–Crippen LogP) is 2.46. The molecule has 0 aliphatic rings. The van der Waals surface area contributed by atoms with Gasteiger partial charge in [-0.2, -0.15) is 0 Å². The monoisotopic (exact) mass is 296 g/mol. The van der Waals surface area contributed by atoms with Crippen molar-refractivity contribution in [2.24, 2.45) is 0 Å². The van der Waals surface area contributed by atoms with Crippen molar-refractivity contribution in [3.05, 3.63) is 12.5 Å². The second-order valence-corrected chi connectivity index (χ2v) is 13.8. The molecular weight excluding hydrogens is 262 g/mol. The zero-order valence-corrected chi connectivity index (χ0v) is 16.0. The van der Waals surface area contributed by atoms with Gasteiger partial charge in [-0.05, 0) is 41.5 Å². The van der Waals surface area contributed by atoms with Crippen LogP contribution in [-0.4, -0.2) is 24.7 Å². The molecule has 0 atom stereocenters. The molecule has 1 aromatic heterocycles. The van der Waals surface area contributed by atoms with E-state index >= 15 is 0 Å². The number of hydrogen-bond acceptors (Lipinski definition) is 1. The van der Waals surface area contributed by atoms with Crippen LogP contribution in [-0.2, 0) is 12.1 Å². The first-order valence-corrected chi connectivity index (χ1v) is 11.2. The smallest absolute Gasteiger partial charge is 0.244 e. The van der Waals surface area contributed by atoms with Gasteiger partial charge in [-0.25, -0.2) is 9.13 Å². The van der Waals surface area contributed by atoms with Gasteiger partial charge in [0.25, 0.3) is 0 Å². The minimum absolute atomic E-state index is 0.150. The molecule has 1 rings (SSSR count). The van der Waals surface area contributed by atoms with E-state index < -0.39 is 8.07 Å². The molecule has 20 heavy (non-hydrogen) atoms. The van der Waals surface area contributed by atoms with Gasteiger partial charge in [-0.1, -0.05) is 19.6 Å². The van der Waals surface area contributed by atoms with E-state index in [9.17, 15) is 0 Å². The van der Waals surface area contributed by atoms with Crippen LogP contribution in [0.25, 0.3) is 0 Å². The van der Waals surface area contributed by atoms with E-state index in [0.717, 1.165) is 13.1 Å². The minimum atomic E-state index is -1.32. The molecule has 0 radical (unpaired) electrons. The Morgan fingerprint density at radius 3 is 2.05 bits per heavy atom. The summed E-state index contributed by atoms with van der Waals surface area (Å²) >= 11 is 0. The number of imidazole rings is 1. The maximum Gasteiger partial charge on any atom is 0.244 e. The molecule has 0 fully saturated rings. The number of nitrogens with one attached hydrogen (secondary N) is 1. The third kappa shape index (κ3) is 5.06. The SMILES string of the molecule is CC(C)(C)NCCn1c[n+](C(C)(C)C)cc1[Si](C)(C)C. The van der Waals surface area contributed by atoms with E-state index in [4.69, 9.17) is 0 Å². The van der Waals surface area contributed by atoms with Crippen LogP contribution in [0.1, 0.15) is 41.5 Å². The van der Waals surface area contributed by atoms with Crippen LogP contribution >= 0.6 is 0 Å². The van der Waals surface area contributed by atoms with Gasteiger partial charge < -0.3 is 5.32 Å². The molecule has 0 bridgehead atoms. The number of hydrogen-bond donors (Lipinski definition) is 1. The van der Waals surface area contributed by atoms with Gasteiger partial charge in [0.1, 0.15) is 31.7 Å². The maximum atomic E-state index is 3.58. The first-order valence-electron chi connectivity index (χ1n) is 7.68.